The van der Waals surface area contributed by atoms with Crippen LogP contribution in [-0.2, 0) is 19.5 Å². The highest BCUT2D eigenvalue weighted by Crippen LogP contribution is 2.22. The topological polar surface area (TPSA) is 79.5 Å². The molecule has 0 saturated heterocycles. The van der Waals surface area contributed by atoms with E-state index < -0.39 is 5.97 Å². The lowest BCUT2D eigenvalue weighted by Gasteiger charge is -2.28. The lowest BCUT2D eigenvalue weighted by atomic mass is 9.97. The predicted octanol–water partition coefficient (Wildman–Crippen LogP) is 1.63. The van der Waals surface area contributed by atoms with E-state index in [4.69, 9.17) is 9.74 Å². The first-order valence-corrected chi connectivity index (χ1v) is 6.49. The van der Waals surface area contributed by atoms with Crippen molar-refractivity contribution in [3.8, 4) is 0 Å². The molecule has 1 aliphatic heterocycles. The smallest absolute Gasteiger partial charge is 0.335 e. The summed E-state index contributed by atoms with van der Waals surface area (Å²) < 4.78 is 4.70. The number of benzene rings is 1. The maximum absolute atomic E-state index is 11.0. The first kappa shape index (κ1) is 12.8. The van der Waals surface area contributed by atoms with Gasteiger partial charge in [0.05, 0.1) is 5.56 Å². The Bertz CT molecular complexity index is 651. The van der Waals surface area contributed by atoms with Crippen LogP contribution in [-0.4, -0.2) is 32.8 Å². The van der Waals surface area contributed by atoms with E-state index in [0.29, 0.717) is 12.1 Å². The zero-order valence-electron chi connectivity index (χ0n) is 11.2. The summed E-state index contributed by atoms with van der Waals surface area (Å²) in [6.07, 6.45) is 0.916. The third kappa shape index (κ3) is 2.42. The molecular weight excluding hydrogens is 258 g/mol. The zero-order valence-corrected chi connectivity index (χ0v) is 11.2. The van der Waals surface area contributed by atoms with Crippen LogP contribution in [0.4, 0.5) is 0 Å². The van der Waals surface area contributed by atoms with Crippen molar-refractivity contribution in [2.75, 3.05) is 6.54 Å². The van der Waals surface area contributed by atoms with Crippen LogP contribution in [0.3, 0.4) is 0 Å². The monoisotopic (exact) mass is 273 g/mol. The van der Waals surface area contributed by atoms with Crippen molar-refractivity contribution in [2.24, 2.45) is 0 Å². The van der Waals surface area contributed by atoms with Crippen LogP contribution in [0.25, 0.3) is 0 Å². The minimum Gasteiger partial charge on any atom is -0.478 e. The fourth-order valence-corrected chi connectivity index (χ4v) is 2.49. The molecule has 0 amide bonds. The number of carboxylic acid groups (broad SMARTS) is 1. The number of carbonyl (C=O) groups is 1. The second kappa shape index (κ2) is 5.05. The molecular formula is C14H15N3O3. The Morgan fingerprint density at radius 2 is 2.25 bits per heavy atom. The number of nitrogens with zero attached hydrogens (tertiary/aromatic N) is 3. The lowest BCUT2D eigenvalue weighted by molar-refractivity contribution is 0.0696. The summed E-state index contributed by atoms with van der Waals surface area (Å²) in [5.74, 6) is -0.888. The van der Waals surface area contributed by atoms with Crippen molar-refractivity contribution in [1.29, 1.82) is 0 Å². The lowest BCUT2D eigenvalue weighted by Crippen LogP contribution is -2.30. The van der Waals surface area contributed by atoms with Crippen molar-refractivity contribution in [1.82, 2.24) is 15.2 Å². The Kier molecular flexibility index (Phi) is 3.23. The Morgan fingerprint density at radius 1 is 1.40 bits per heavy atom. The summed E-state index contributed by atoms with van der Waals surface area (Å²) in [6.45, 7) is 4.19. The van der Waals surface area contributed by atoms with Crippen LogP contribution in [0.1, 0.15) is 32.9 Å². The molecule has 2 heterocycles. The molecule has 1 aromatic heterocycles. The number of aryl methyl sites for hydroxylation is 1. The second-order valence-corrected chi connectivity index (χ2v) is 5.05. The second-order valence-electron chi connectivity index (χ2n) is 5.05. The van der Waals surface area contributed by atoms with E-state index in [1.54, 1.807) is 12.1 Å². The molecule has 0 saturated carbocycles. The van der Waals surface area contributed by atoms with E-state index in [0.717, 1.165) is 36.5 Å². The average Bonchev–Trinajstić information content (AvgIpc) is 2.83. The van der Waals surface area contributed by atoms with Gasteiger partial charge in [-0.05, 0) is 36.6 Å². The van der Waals surface area contributed by atoms with Gasteiger partial charge in [0.2, 0.25) is 0 Å². The largest absolute Gasteiger partial charge is 0.478 e. The SMILES string of the molecule is Cc1nonc1CN1CCc2ccc(C(=O)O)cc2C1. The molecule has 6 heteroatoms. The number of hydrogen-bond acceptors (Lipinski definition) is 5. The maximum Gasteiger partial charge on any atom is 0.335 e. The van der Waals surface area contributed by atoms with E-state index in [1.165, 1.54) is 5.56 Å². The van der Waals surface area contributed by atoms with Crippen LogP contribution in [0.15, 0.2) is 22.8 Å². The molecule has 1 aromatic carbocycles. The first-order valence-electron chi connectivity index (χ1n) is 6.49. The molecule has 2 aromatic rings. The molecule has 1 N–H and O–H groups in total. The number of rotatable bonds is 3. The van der Waals surface area contributed by atoms with E-state index in [9.17, 15) is 4.79 Å². The highest BCUT2D eigenvalue weighted by Gasteiger charge is 2.19. The number of carboxylic acids is 1. The first-order chi connectivity index (χ1) is 9.63. The highest BCUT2D eigenvalue weighted by atomic mass is 16.6. The molecule has 0 bridgehead atoms. The van der Waals surface area contributed by atoms with Crippen LogP contribution >= 0.6 is 0 Å². The maximum atomic E-state index is 11.0. The van der Waals surface area contributed by atoms with Gasteiger partial charge in [0.1, 0.15) is 11.4 Å². The molecule has 0 atom stereocenters. The molecule has 104 valence electrons. The van der Waals surface area contributed by atoms with Gasteiger partial charge in [0, 0.05) is 19.6 Å². The van der Waals surface area contributed by atoms with Gasteiger partial charge in [-0.15, -0.1) is 0 Å². The summed E-state index contributed by atoms with van der Waals surface area (Å²) >= 11 is 0. The Hall–Kier alpha value is -2.21. The van der Waals surface area contributed by atoms with E-state index in [1.807, 2.05) is 13.0 Å². The van der Waals surface area contributed by atoms with Gasteiger partial charge < -0.3 is 5.11 Å². The summed E-state index contributed by atoms with van der Waals surface area (Å²) in [5, 5.41) is 16.7. The van der Waals surface area contributed by atoms with E-state index in [-0.39, 0.29) is 0 Å². The van der Waals surface area contributed by atoms with Gasteiger partial charge in [-0.2, -0.15) is 0 Å². The number of fused-ring (bicyclic) bond motifs is 1. The summed E-state index contributed by atoms with van der Waals surface area (Å²) in [7, 11) is 0. The van der Waals surface area contributed by atoms with E-state index in [2.05, 4.69) is 15.2 Å². The zero-order chi connectivity index (χ0) is 14.1. The van der Waals surface area contributed by atoms with Gasteiger partial charge in [-0.1, -0.05) is 16.4 Å². The summed E-state index contributed by atoms with van der Waals surface area (Å²) in [6, 6.07) is 5.35. The molecule has 0 fully saturated rings. The normalized spacial score (nSPS) is 15.1. The quantitative estimate of drug-likeness (QED) is 0.915. The van der Waals surface area contributed by atoms with Crippen LogP contribution in [0.5, 0.6) is 0 Å². The van der Waals surface area contributed by atoms with E-state index >= 15 is 0 Å². The minimum absolute atomic E-state index is 0.338. The highest BCUT2D eigenvalue weighted by molar-refractivity contribution is 5.87. The fourth-order valence-electron chi connectivity index (χ4n) is 2.49. The third-order valence-electron chi connectivity index (χ3n) is 3.66. The number of aromatic carboxylic acids is 1. The summed E-state index contributed by atoms with van der Waals surface area (Å²) in [4.78, 5) is 13.2. The van der Waals surface area contributed by atoms with Crippen molar-refractivity contribution >= 4 is 5.97 Å². The van der Waals surface area contributed by atoms with Crippen molar-refractivity contribution in [2.45, 2.75) is 26.4 Å². The third-order valence-corrected chi connectivity index (χ3v) is 3.66. The van der Waals surface area contributed by atoms with Gasteiger partial charge in [-0.3, -0.25) is 4.90 Å². The Balaban J connectivity index is 1.78. The van der Waals surface area contributed by atoms with Crippen molar-refractivity contribution < 1.29 is 14.5 Å². The molecule has 6 nitrogen and oxygen atoms in total. The van der Waals surface area contributed by atoms with Gasteiger partial charge in [-0.25, -0.2) is 9.42 Å². The molecule has 20 heavy (non-hydrogen) atoms. The number of hydrogen-bond donors (Lipinski definition) is 1. The van der Waals surface area contributed by atoms with Gasteiger partial charge in [0.15, 0.2) is 0 Å². The molecule has 1 aliphatic rings. The van der Waals surface area contributed by atoms with Crippen LogP contribution in [0.2, 0.25) is 0 Å². The number of aromatic nitrogens is 2. The van der Waals surface area contributed by atoms with Crippen LogP contribution < -0.4 is 0 Å². The molecule has 0 radical (unpaired) electrons. The summed E-state index contributed by atoms with van der Waals surface area (Å²) in [5.41, 5.74) is 4.27. The predicted molar refractivity (Wildman–Crippen MR) is 70.3 cm³/mol. The van der Waals surface area contributed by atoms with Crippen LogP contribution in [0, 0.1) is 6.92 Å². The molecule has 0 spiro atoms. The van der Waals surface area contributed by atoms with Crippen molar-refractivity contribution in [3.05, 3.63) is 46.3 Å². The Morgan fingerprint density at radius 3 is 2.95 bits per heavy atom. The molecule has 3 rings (SSSR count). The van der Waals surface area contributed by atoms with Gasteiger partial charge in [0.25, 0.3) is 0 Å². The average molecular weight is 273 g/mol. The van der Waals surface area contributed by atoms with Crippen molar-refractivity contribution in [3.63, 3.8) is 0 Å². The molecule has 0 unspecified atom stereocenters. The standard InChI is InChI=1S/C14H15N3O3/c1-9-13(16-20-15-9)8-17-5-4-10-2-3-11(14(18)19)6-12(10)7-17/h2-3,6H,4-5,7-8H2,1H3,(H,18,19). The fraction of sp³-hybridized carbons (Fsp3) is 0.357. The molecule has 0 aliphatic carbocycles. The Labute approximate surface area is 116 Å². The van der Waals surface area contributed by atoms with Gasteiger partial charge >= 0.3 is 5.97 Å². The minimum atomic E-state index is -0.888.